The van der Waals surface area contributed by atoms with Crippen molar-refractivity contribution in [3.05, 3.63) is 0 Å². The summed E-state index contributed by atoms with van der Waals surface area (Å²) in [6.07, 6.45) is 11.5. The summed E-state index contributed by atoms with van der Waals surface area (Å²) in [5.41, 5.74) is 0. The molecule has 0 spiro atoms. The second-order valence-electron chi connectivity index (χ2n) is 7.31. The lowest BCUT2D eigenvalue weighted by molar-refractivity contribution is 0.0196. The molecule has 2 heterocycles. The van der Waals surface area contributed by atoms with Crippen LogP contribution in [0.1, 0.15) is 64.7 Å². The second-order valence-corrected chi connectivity index (χ2v) is 7.31. The van der Waals surface area contributed by atoms with E-state index in [4.69, 9.17) is 0 Å². The van der Waals surface area contributed by atoms with Gasteiger partial charge < -0.3 is 10.4 Å². The third-order valence-electron chi connectivity index (χ3n) is 5.87. The third-order valence-corrected chi connectivity index (χ3v) is 5.87. The van der Waals surface area contributed by atoms with E-state index >= 15 is 0 Å². The van der Waals surface area contributed by atoms with E-state index in [0.29, 0.717) is 12.1 Å². The van der Waals surface area contributed by atoms with Gasteiger partial charge >= 0.3 is 0 Å². The number of hydrogen-bond acceptors (Lipinski definition) is 3. The molecule has 4 unspecified atom stereocenters. The molecule has 0 aromatic heterocycles. The van der Waals surface area contributed by atoms with Gasteiger partial charge in [0.25, 0.3) is 0 Å². The number of nitrogens with zero attached hydrogens (tertiary/aromatic N) is 1. The Hall–Kier alpha value is -0.120. The van der Waals surface area contributed by atoms with Crippen molar-refractivity contribution < 1.29 is 5.11 Å². The highest BCUT2D eigenvalue weighted by atomic mass is 16.3. The molecule has 2 saturated heterocycles. The molecule has 3 heteroatoms. The first-order valence-corrected chi connectivity index (χ1v) is 8.95. The first-order chi connectivity index (χ1) is 9.78. The van der Waals surface area contributed by atoms with Crippen LogP contribution in [-0.4, -0.2) is 47.3 Å². The molecule has 3 aliphatic rings. The number of aliphatic hydroxyl groups excluding tert-OH is 1. The van der Waals surface area contributed by atoms with Crippen molar-refractivity contribution in [2.24, 2.45) is 5.92 Å². The fraction of sp³-hybridized carbons (Fsp3) is 1.00. The fourth-order valence-corrected chi connectivity index (χ4v) is 4.84. The lowest BCUT2D eigenvalue weighted by Gasteiger charge is -2.42. The van der Waals surface area contributed by atoms with Crippen LogP contribution in [0.15, 0.2) is 0 Å². The van der Waals surface area contributed by atoms with E-state index in [1.807, 2.05) is 0 Å². The standard InChI is InChI=1S/C17H32N2O/c1-2-9-18-17-6-4-3-5-13(17)12-19-14-7-8-15(19)11-16(20)10-14/h13-18,20H,2-12H2,1H3. The summed E-state index contributed by atoms with van der Waals surface area (Å²) in [5.74, 6) is 0.841. The van der Waals surface area contributed by atoms with Gasteiger partial charge in [-0.25, -0.2) is 0 Å². The Labute approximate surface area is 124 Å². The summed E-state index contributed by atoms with van der Waals surface area (Å²) in [6.45, 7) is 4.72. The maximum atomic E-state index is 9.94. The number of nitrogens with one attached hydrogen (secondary N) is 1. The topological polar surface area (TPSA) is 35.5 Å². The maximum Gasteiger partial charge on any atom is 0.0570 e. The highest BCUT2D eigenvalue weighted by Gasteiger charge is 2.41. The summed E-state index contributed by atoms with van der Waals surface area (Å²) < 4.78 is 0. The normalized spacial score (nSPS) is 42.0. The zero-order chi connectivity index (χ0) is 13.9. The van der Waals surface area contributed by atoms with Gasteiger partial charge in [0.15, 0.2) is 0 Å². The first-order valence-electron chi connectivity index (χ1n) is 8.95. The molecule has 2 N–H and O–H groups in total. The van der Waals surface area contributed by atoms with Crippen LogP contribution in [0.3, 0.4) is 0 Å². The van der Waals surface area contributed by atoms with Crippen molar-refractivity contribution in [2.45, 2.75) is 88.9 Å². The molecule has 0 radical (unpaired) electrons. The summed E-state index contributed by atoms with van der Waals surface area (Å²) in [7, 11) is 0. The minimum Gasteiger partial charge on any atom is -0.393 e. The number of hydrogen-bond donors (Lipinski definition) is 2. The van der Waals surface area contributed by atoms with Crippen LogP contribution >= 0.6 is 0 Å². The Balaban J connectivity index is 1.58. The summed E-state index contributed by atoms with van der Waals surface area (Å²) >= 11 is 0. The molecule has 116 valence electrons. The van der Waals surface area contributed by atoms with Gasteiger partial charge in [0.1, 0.15) is 0 Å². The van der Waals surface area contributed by atoms with Gasteiger partial charge in [-0.3, -0.25) is 4.90 Å². The predicted molar refractivity (Wildman–Crippen MR) is 82.8 cm³/mol. The minimum absolute atomic E-state index is 0.0240. The number of aliphatic hydroxyl groups is 1. The Morgan fingerprint density at radius 3 is 2.45 bits per heavy atom. The van der Waals surface area contributed by atoms with Crippen LogP contribution in [0.4, 0.5) is 0 Å². The van der Waals surface area contributed by atoms with Crippen molar-refractivity contribution in [3.8, 4) is 0 Å². The quantitative estimate of drug-likeness (QED) is 0.812. The summed E-state index contributed by atoms with van der Waals surface area (Å²) in [5, 5.41) is 13.7. The van der Waals surface area contributed by atoms with Crippen LogP contribution in [-0.2, 0) is 0 Å². The van der Waals surface area contributed by atoms with Crippen molar-refractivity contribution in [1.82, 2.24) is 10.2 Å². The zero-order valence-electron chi connectivity index (χ0n) is 13.1. The Bertz CT molecular complexity index is 295. The van der Waals surface area contributed by atoms with E-state index in [-0.39, 0.29) is 6.10 Å². The molecule has 3 nitrogen and oxygen atoms in total. The second kappa shape index (κ2) is 6.76. The van der Waals surface area contributed by atoms with Crippen molar-refractivity contribution >= 4 is 0 Å². The smallest absolute Gasteiger partial charge is 0.0570 e. The molecule has 0 amide bonds. The van der Waals surface area contributed by atoms with E-state index in [2.05, 4.69) is 17.1 Å². The summed E-state index contributed by atoms with van der Waals surface area (Å²) in [6, 6.07) is 2.10. The Morgan fingerprint density at radius 2 is 1.75 bits per heavy atom. The highest BCUT2D eigenvalue weighted by molar-refractivity contribution is 4.97. The number of fused-ring (bicyclic) bond motifs is 2. The molecule has 2 aliphatic heterocycles. The molecule has 2 bridgehead atoms. The Morgan fingerprint density at radius 1 is 1.05 bits per heavy atom. The lowest BCUT2D eigenvalue weighted by atomic mass is 9.83. The van der Waals surface area contributed by atoms with E-state index in [1.54, 1.807) is 0 Å². The van der Waals surface area contributed by atoms with Crippen LogP contribution in [0.2, 0.25) is 0 Å². The van der Waals surface area contributed by atoms with E-state index in [0.717, 1.165) is 24.8 Å². The monoisotopic (exact) mass is 280 g/mol. The molecule has 0 aromatic carbocycles. The molecule has 20 heavy (non-hydrogen) atoms. The summed E-state index contributed by atoms with van der Waals surface area (Å²) in [4.78, 5) is 2.77. The number of rotatable bonds is 5. The van der Waals surface area contributed by atoms with Gasteiger partial charge in [-0.15, -0.1) is 0 Å². The molecular formula is C17H32N2O. The molecule has 1 aliphatic carbocycles. The fourth-order valence-electron chi connectivity index (χ4n) is 4.84. The molecule has 0 aromatic rings. The molecule has 4 atom stereocenters. The maximum absolute atomic E-state index is 9.94. The third kappa shape index (κ3) is 3.20. The predicted octanol–water partition coefficient (Wildman–Crippen LogP) is 2.53. The average molecular weight is 280 g/mol. The average Bonchev–Trinajstić information content (AvgIpc) is 2.69. The molecule has 3 rings (SSSR count). The number of piperidine rings is 1. The molecular weight excluding hydrogens is 248 g/mol. The van der Waals surface area contributed by atoms with Gasteiger partial charge in [0.05, 0.1) is 6.10 Å². The van der Waals surface area contributed by atoms with Gasteiger partial charge in [-0.05, 0) is 57.4 Å². The minimum atomic E-state index is -0.0240. The van der Waals surface area contributed by atoms with Crippen LogP contribution in [0.5, 0.6) is 0 Å². The van der Waals surface area contributed by atoms with Crippen LogP contribution < -0.4 is 5.32 Å². The largest absolute Gasteiger partial charge is 0.393 e. The van der Waals surface area contributed by atoms with Gasteiger partial charge in [0, 0.05) is 24.7 Å². The highest BCUT2D eigenvalue weighted by Crippen LogP contribution is 2.38. The van der Waals surface area contributed by atoms with E-state index < -0.39 is 0 Å². The van der Waals surface area contributed by atoms with E-state index in [1.165, 1.54) is 58.0 Å². The van der Waals surface area contributed by atoms with Crippen molar-refractivity contribution in [2.75, 3.05) is 13.1 Å². The zero-order valence-corrected chi connectivity index (χ0v) is 13.1. The van der Waals surface area contributed by atoms with Crippen LogP contribution in [0.25, 0.3) is 0 Å². The van der Waals surface area contributed by atoms with Gasteiger partial charge in [0.2, 0.25) is 0 Å². The molecule has 3 fully saturated rings. The molecule has 1 saturated carbocycles. The van der Waals surface area contributed by atoms with E-state index in [9.17, 15) is 5.11 Å². The van der Waals surface area contributed by atoms with Gasteiger partial charge in [-0.2, -0.15) is 0 Å². The Kier molecular flexibility index (Phi) is 5.00. The van der Waals surface area contributed by atoms with Gasteiger partial charge in [-0.1, -0.05) is 19.8 Å². The lowest BCUT2D eigenvalue weighted by Crippen LogP contribution is -2.50. The van der Waals surface area contributed by atoms with Crippen LogP contribution in [0, 0.1) is 5.92 Å². The van der Waals surface area contributed by atoms with Crippen molar-refractivity contribution in [1.29, 1.82) is 0 Å². The van der Waals surface area contributed by atoms with Crippen molar-refractivity contribution in [3.63, 3.8) is 0 Å². The SMILES string of the molecule is CCCNC1CCCCC1CN1C2CCC1CC(O)C2. The first kappa shape index (κ1) is 14.8.